The predicted octanol–water partition coefficient (Wildman–Crippen LogP) is 3.19. The first-order valence-corrected chi connectivity index (χ1v) is 7.13. The molecule has 2 N–H and O–H groups in total. The molecule has 2 aromatic carbocycles. The second-order valence-corrected chi connectivity index (χ2v) is 5.02. The molecule has 0 atom stereocenters. The van der Waals surface area contributed by atoms with Gasteiger partial charge in [-0.15, -0.1) is 0 Å². The van der Waals surface area contributed by atoms with Crippen LogP contribution in [-0.2, 0) is 17.8 Å². The second kappa shape index (κ2) is 5.87. The molecule has 0 saturated carbocycles. The summed E-state index contributed by atoms with van der Waals surface area (Å²) in [5.74, 6) is 0.602. The number of fused-ring (bicyclic) bond motifs is 1. The topological polar surface area (TPSA) is 50.4 Å². The highest BCUT2D eigenvalue weighted by molar-refractivity contribution is 5.96. The zero-order valence-corrected chi connectivity index (χ0v) is 12.0. The lowest BCUT2D eigenvalue weighted by atomic mass is 10.1. The van der Waals surface area contributed by atoms with Crippen molar-refractivity contribution in [3.8, 4) is 5.75 Å². The number of rotatable bonds is 4. The summed E-state index contributed by atoms with van der Waals surface area (Å²) in [6.07, 6.45) is 1.02. The third kappa shape index (κ3) is 2.99. The molecule has 3 rings (SSSR count). The minimum absolute atomic E-state index is 0.0870. The molecule has 21 heavy (non-hydrogen) atoms. The normalized spacial score (nSPS) is 13.1. The first-order valence-electron chi connectivity index (χ1n) is 7.13. The Hall–Kier alpha value is -2.49. The van der Waals surface area contributed by atoms with Gasteiger partial charge in [0, 0.05) is 12.2 Å². The molecule has 4 heteroatoms. The number of hydrogen-bond acceptors (Lipinski definition) is 3. The highest BCUT2D eigenvalue weighted by atomic mass is 16.5. The van der Waals surface area contributed by atoms with E-state index in [1.54, 1.807) is 0 Å². The van der Waals surface area contributed by atoms with Crippen LogP contribution in [0.3, 0.4) is 0 Å². The van der Waals surface area contributed by atoms with Gasteiger partial charge < -0.3 is 15.4 Å². The Morgan fingerprint density at radius 1 is 1.19 bits per heavy atom. The van der Waals surface area contributed by atoms with Crippen LogP contribution >= 0.6 is 0 Å². The smallest absolute Gasteiger partial charge is 0.262 e. The van der Waals surface area contributed by atoms with Gasteiger partial charge in [0.05, 0.1) is 5.69 Å². The Morgan fingerprint density at radius 3 is 2.81 bits per heavy atom. The van der Waals surface area contributed by atoms with E-state index in [1.165, 1.54) is 11.1 Å². The Labute approximate surface area is 124 Å². The van der Waals surface area contributed by atoms with Gasteiger partial charge in [0.2, 0.25) is 0 Å². The first-order chi connectivity index (χ1) is 10.3. The van der Waals surface area contributed by atoms with Crippen LogP contribution in [0.15, 0.2) is 42.5 Å². The fourth-order valence-corrected chi connectivity index (χ4v) is 2.47. The van der Waals surface area contributed by atoms with Gasteiger partial charge in [-0.3, -0.25) is 4.79 Å². The largest absolute Gasteiger partial charge is 0.482 e. The van der Waals surface area contributed by atoms with Gasteiger partial charge in [0.1, 0.15) is 5.75 Å². The van der Waals surface area contributed by atoms with Crippen LogP contribution in [0.5, 0.6) is 5.75 Å². The molecule has 0 unspecified atom stereocenters. The minimum atomic E-state index is -0.115. The van der Waals surface area contributed by atoms with E-state index in [-0.39, 0.29) is 12.5 Å². The second-order valence-electron chi connectivity index (χ2n) is 5.02. The fraction of sp³-hybridized carbons (Fsp3) is 0.235. The molecule has 1 aliphatic rings. The Morgan fingerprint density at radius 2 is 2.00 bits per heavy atom. The van der Waals surface area contributed by atoms with Crippen molar-refractivity contribution < 1.29 is 9.53 Å². The summed E-state index contributed by atoms with van der Waals surface area (Å²) in [5.41, 5.74) is 4.32. The molecular formula is C17H18N2O2. The summed E-state index contributed by atoms with van der Waals surface area (Å²) in [6, 6.07) is 14.1. The molecule has 0 radical (unpaired) electrons. The molecule has 0 saturated heterocycles. The number of carbonyl (C=O) groups excluding carboxylic acids is 1. The van der Waals surface area contributed by atoms with Gasteiger partial charge in [-0.2, -0.15) is 0 Å². The third-order valence-corrected chi connectivity index (χ3v) is 3.59. The Bertz CT molecular complexity index is 668. The maximum absolute atomic E-state index is 11.3. The van der Waals surface area contributed by atoms with Crippen LogP contribution in [0, 0.1) is 0 Å². The molecule has 4 nitrogen and oxygen atoms in total. The zero-order valence-electron chi connectivity index (χ0n) is 12.0. The average Bonchev–Trinajstić information content (AvgIpc) is 2.52. The summed E-state index contributed by atoms with van der Waals surface area (Å²) >= 11 is 0. The molecular weight excluding hydrogens is 264 g/mol. The summed E-state index contributed by atoms with van der Waals surface area (Å²) in [4.78, 5) is 11.3. The van der Waals surface area contributed by atoms with E-state index in [9.17, 15) is 4.79 Å². The monoisotopic (exact) mass is 282 g/mol. The van der Waals surface area contributed by atoms with E-state index in [0.717, 1.165) is 24.3 Å². The predicted molar refractivity (Wildman–Crippen MR) is 83.7 cm³/mol. The number of benzene rings is 2. The van der Waals surface area contributed by atoms with Gasteiger partial charge in [0.15, 0.2) is 6.61 Å². The van der Waals surface area contributed by atoms with Crippen LogP contribution in [0.4, 0.5) is 11.4 Å². The number of hydrogen-bond donors (Lipinski definition) is 2. The summed E-state index contributed by atoms with van der Waals surface area (Å²) in [5, 5.41) is 6.21. The van der Waals surface area contributed by atoms with Crippen molar-refractivity contribution in [1.29, 1.82) is 0 Å². The van der Waals surface area contributed by atoms with Crippen LogP contribution in [0.25, 0.3) is 0 Å². The van der Waals surface area contributed by atoms with Gasteiger partial charge in [-0.1, -0.05) is 31.2 Å². The van der Waals surface area contributed by atoms with Crippen LogP contribution < -0.4 is 15.4 Å². The van der Waals surface area contributed by atoms with Crippen LogP contribution in [0.2, 0.25) is 0 Å². The molecule has 108 valence electrons. The SMILES string of the molecule is CCc1ccccc1CNc1ccc2c(c1)NC(=O)CO2. The Balaban J connectivity index is 1.74. The molecule has 0 fully saturated rings. The molecule has 1 aliphatic heterocycles. The lowest BCUT2D eigenvalue weighted by molar-refractivity contribution is -0.118. The highest BCUT2D eigenvalue weighted by Crippen LogP contribution is 2.30. The molecule has 0 aliphatic carbocycles. The number of amides is 1. The van der Waals surface area contributed by atoms with Crippen LogP contribution in [0.1, 0.15) is 18.1 Å². The number of aryl methyl sites for hydroxylation is 1. The summed E-state index contributed by atoms with van der Waals surface area (Å²) < 4.78 is 5.35. The lowest BCUT2D eigenvalue weighted by Gasteiger charge is -2.19. The Kier molecular flexibility index (Phi) is 3.77. The highest BCUT2D eigenvalue weighted by Gasteiger charge is 2.15. The van der Waals surface area contributed by atoms with Crippen LogP contribution in [-0.4, -0.2) is 12.5 Å². The van der Waals surface area contributed by atoms with Crippen molar-refractivity contribution in [2.45, 2.75) is 19.9 Å². The van der Waals surface area contributed by atoms with Crippen molar-refractivity contribution in [2.24, 2.45) is 0 Å². The number of nitrogens with one attached hydrogen (secondary N) is 2. The third-order valence-electron chi connectivity index (χ3n) is 3.59. The van der Waals surface area contributed by atoms with Gasteiger partial charge in [-0.05, 0) is 35.7 Å². The van der Waals surface area contributed by atoms with E-state index in [0.29, 0.717) is 5.75 Å². The molecule has 0 aromatic heterocycles. The van der Waals surface area contributed by atoms with E-state index >= 15 is 0 Å². The molecule has 1 amide bonds. The molecule has 1 heterocycles. The lowest BCUT2D eigenvalue weighted by Crippen LogP contribution is -2.25. The van der Waals surface area contributed by atoms with Gasteiger partial charge in [-0.25, -0.2) is 0 Å². The summed E-state index contributed by atoms with van der Waals surface area (Å²) in [6.45, 7) is 3.01. The quantitative estimate of drug-likeness (QED) is 0.905. The van der Waals surface area contributed by atoms with Crippen molar-refractivity contribution in [3.05, 3.63) is 53.6 Å². The van der Waals surface area contributed by atoms with Gasteiger partial charge >= 0.3 is 0 Å². The number of ether oxygens (including phenoxy) is 1. The first kappa shape index (κ1) is 13.5. The van der Waals surface area contributed by atoms with E-state index < -0.39 is 0 Å². The number of carbonyl (C=O) groups is 1. The van der Waals surface area contributed by atoms with Crippen molar-refractivity contribution >= 4 is 17.3 Å². The molecule has 0 spiro atoms. The maximum Gasteiger partial charge on any atom is 0.262 e. The standard InChI is InChI=1S/C17H18N2O2/c1-2-12-5-3-4-6-13(12)10-18-14-7-8-16-15(9-14)19-17(20)11-21-16/h3-9,18H,2,10-11H2,1H3,(H,19,20). The maximum atomic E-state index is 11.3. The van der Waals surface area contributed by atoms with Crippen molar-refractivity contribution in [3.63, 3.8) is 0 Å². The molecule has 2 aromatic rings. The minimum Gasteiger partial charge on any atom is -0.482 e. The zero-order chi connectivity index (χ0) is 14.7. The fourth-order valence-electron chi connectivity index (χ4n) is 2.47. The van der Waals surface area contributed by atoms with Gasteiger partial charge in [0.25, 0.3) is 5.91 Å². The molecule has 0 bridgehead atoms. The average molecular weight is 282 g/mol. The van der Waals surface area contributed by atoms with E-state index in [4.69, 9.17) is 4.74 Å². The summed E-state index contributed by atoms with van der Waals surface area (Å²) in [7, 11) is 0. The van der Waals surface area contributed by atoms with Crippen molar-refractivity contribution in [2.75, 3.05) is 17.2 Å². The van der Waals surface area contributed by atoms with E-state index in [2.05, 4.69) is 41.8 Å². The number of anilines is 2. The van der Waals surface area contributed by atoms with E-state index in [1.807, 2.05) is 18.2 Å². The van der Waals surface area contributed by atoms with Crippen molar-refractivity contribution in [1.82, 2.24) is 0 Å².